The zero-order valence-electron chi connectivity index (χ0n) is 27.8. The van der Waals surface area contributed by atoms with Crippen LogP contribution in [0.4, 0.5) is 0 Å². The van der Waals surface area contributed by atoms with Crippen molar-refractivity contribution in [1.29, 1.82) is 0 Å². The maximum Gasteiger partial charge on any atom is 0.0725 e. The summed E-state index contributed by atoms with van der Waals surface area (Å²) in [7, 11) is 0. The molecule has 0 aromatic heterocycles. The minimum Gasteiger partial charge on any atom is -0.0622 e. The Hall–Kier alpha value is -6.50. The molecule has 0 fully saturated rings. The summed E-state index contributed by atoms with van der Waals surface area (Å²) >= 11 is 0. The van der Waals surface area contributed by atoms with Crippen LogP contribution in [0, 0.1) is 0 Å². The Morgan fingerprint density at radius 2 is 0.824 bits per heavy atom. The normalized spacial score (nSPS) is 13.6. The van der Waals surface area contributed by atoms with Crippen molar-refractivity contribution in [3.8, 4) is 66.8 Å². The fourth-order valence-electron chi connectivity index (χ4n) is 10.2. The quantitative estimate of drug-likeness (QED) is 0.176. The molecular weight excluding hydrogens is 613 g/mol. The molecule has 51 heavy (non-hydrogen) atoms. The highest BCUT2D eigenvalue weighted by atomic mass is 14.5. The average molecular weight is 643 g/mol. The molecule has 3 aliphatic rings. The molecule has 0 saturated heterocycles. The fraction of sp³-hybridized carbons (Fsp3) is 0.0196. The highest BCUT2D eigenvalue weighted by molar-refractivity contribution is 6.26. The minimum atomic E-state index is -0.401. The van der Waals surface area contributed by atoms with Gasteiger partial charge in [-0.25, -0.2) is 0 Å². The summed E-state index contributed by atoms with van der Waals surface area (Å²) in [6.07, 6.45) is 0. The molecular formula is C51H30. The van der Waals surface area contributed by atoms with Crippen molar-refractivity contribution in [2.75, 3.05) is 0 Å². The summed E-state index contributed by atoms with van der Waals surface area (Å²) < 4.78 is 0. The smallest absolute Gasteiger partial charge is 0.0622 e. The number of fused-ring (bicyclic) bond motifs is 15. The predicted molar refractivity (Wildman–Crippen MR) is 213 cm³/mol. The van der Waals surface area contributed by atoms with Crippen LogP contribution in [0.15, 0.2) is 182 Å². The Morgan fingerprint density at radius 1 is 0.275 bits per heavy atom. The fourth-order valence-corrected chi connectivity index (χ4v) is 10.2. The lowest BCUT2D eigenvalue weighted by molar-refractivity contribution is 0.795. The number of hydrogen-bond acceptors (Lipinski definition) is 0. The Bertz CT molecular complexity index is 2920. The summed E-state index contributed by atoms with van der Waals surface area (Å²) in [5, 5.41) is 5.27. The molecule has 12 rings (SSSR count). The zero-order chi connectivity index (χ0) is 33.3. The van der Waals surface area contributed by atoms with E-state index in [0.29, 0.717) is 0 Å². The van der Waals surface area contributed by atoms with Crippen LogP contribution in [0.1, 0.15) is 22.3 Å². The van der Waals surface area contributed by atoms with Gasteiger partial charge in [-0.2, -0.15) is 0 Å². The van der Waals surface area contributed by atoms with Gasteiger partial charge in [0.2, 0.25) is 0 Å². The van der Waals surface area contributed by atoms with Crippen LogP contribution in [-0.4, -0.2) is 0 Å². The van der Waals surface area contributed by atoms with E-state index in [1.165, 1.54) is 111 Å². The summed E-state index contributed by atoms with van der Waals surface area (Å²) in [4.78, 5) is 0. The molecule has 0 unspecified atom stereocenters. The molecule has 1 spiro atoms. The number of rotatable bonds is 2. The number of hydrogen-bond donors (Lipinski definition) is 0. The van der Waals surface area contributed by atoms with Crippen molar-refractivity contribution in [3.63, 3.8) is 0 Å². The van der Waals surface area contributed by atoms with Gasteiger partial charge in [0.05, 0.1) is 5.41 Å². The summed E-state index contributed by atoms with van der Waals surface area (Å²) in [5.41, 5.74) is 21.0. The summed E-state index contributed by atoms with van der Waals surface area (Å²) in [6.45, 7) is 0. The molecule has 0 N–H and O–H groups in total. The molecule has 9 aromatic carbocycles. The van der Waals surface area contributed by atoms with E-state index in [0.717, 1.165) is 0 Å². The molecule has 0 bridgehead atoms. The highest BCUT2D eigenvalue weighted by Gasteiger charge is 2.52. The summed E-state index contributed by atoms with van der Waals surface area (Å²) in [6, 6.07) is 68.4. The van der Waals surface area contributed by atoms with Gasteiger partial charge >= 0.3 is 0 Å². The van der Waals surface area contributed by atoms with Crippen LogP contribution < -0.4 is 0 Å². The van der Waals surface area contributed by atoms with E-state index in [9.17, 15) is 0 Å². The topological polar surface area (TPSA) is 0 Å². The Balaban J connectivity index is 1.27. The van der Waals surface area contributed by atoms with Crippen LogP contribution in [0.2, 0.25) is 0 Å². The largest absolute Gasteiger partial charge is 0.0725 e. The summed E-state index contributed by atoms with van der Waals surface area (Å²) in [5.74, 6) is 0. The Kier molecular flexibility index (Phi) is 5.26. The molecule has 0 amide bonds. The lowest BCUT2D eigenvalue weighted by Gasteiger charge is -2.31. The first-order chi connectivity index (χ1) is 25.3. The van der Waals surface area contributed by atoms with E-state index in [1.807, 2.05) is 0 Å². The molecule has 234 valence electrons. The van der Waals surface area contributed by atoms with Gasteiger partial charge < -0.3 is 0 Å². The van der Waals surface area contributed by atoms with Crippen molar-refractivity contribution >= 4 is 21.5 Å². The first-order valence-corrected chi connectivity index (χ1v) is 17.9. The molecule has 0 atom stereocenters. The van der Waals surface area contributed by atoms with Crippen molar-refractivity contribution in [3.05, 3.63) is 204 Å². The molecule has 0 radical (unpaired) electrons. The zero-order valence-corrected chi connectivity index (χ0v) is 27.8. The molecule has 3 aliphatic carbocycles. The molecule has 9 aromatic rings. The van der Waals surface area contributed by atoms with Gasteiger partial charge in [-0.05, 0) is 123 Å². The van der Waals surface area contributed by atoms with E-state index < -0.39 is 5.41 Å². The number of benzene rings is 9. The molecule has 0 heterocycles. The van der Waals surface area contributed by atoms with Gasteiger partial charge in [-0.1, -0.05) is 170 Å². The molecule has 0 saturated carbocycles. The van der Waals surface area contributed by atoms with Crippen molar-refractivity contribution in [2.45, 2.75) is 5.41 Å². The average Bonchev–Trinajstić information content (AvgIpc) is 3.80. The van der Waals surface area contributed by atoms with Crippen LogP contribution in [0.5, 0.6) is 0 Å². The van der Waals surface area contributed by atoms with Crippen LogP contribution in [0.3, 0.4) is 0 Å². The third kappa shape index (κ3) is 3.31. The van der Waals surface area contributed by atoms with E-state index in [2.05, 4.69) is 182 Å². The molecule has 0 heteroatoms. The minimum absolute atomic E-state index is 0.401. The van der Waals surface area contributed by atoms with Crippen LogP contribution in [-0.2, 0) is 5.41 Å². The third-order valence-electron chi connectivity index (χ3n) is 12.0. The van der Waals surface area contributed by atoms with E-state index in [4.69, 9.17) is 0 Å². The van der Waals surface area contributed by atoms with Crippen molar-refractivity contribution < 1.29 is 0 Å². The van der Waals surface area contributed by atoms with Crippen LogP contribution in [0.25, 0.3) is 88.3 Å². The standard InChI is InChI=1S/C51H30/c1-2-15-31(16-3-1)33-18-6-7-22-37(33)49-34-19-5-4-17-32(34)29-41-38-24-14-25-40-47(38)42(50(41)49)30-46-48(40)39-23-10-13-28-45(39)51(46)43-26-11-8-20-35(43)36-21-9-12-27-44(36)51/h1-30H. The van der Waals surface area contributed by atoms with E-state index in [-0.39, 0.29) is 0 Å². The van der Waals surface area contributed by atoms with Gasteiger partial charge in [0.1, 0.15) is 0 Å². The van der Waals surface area contributed by atoms with E-state index >= 15 is 0 Å². The van der Waals surface area contributed by atoms with Gasteiger partial charge in [0.15, 0.2) is 0 Å². The first-order valence-electron chi connectivity index (χ1n) is 17.9. The Labute approximate surface area is 296 Å². The monoisotopic (exact) mass is 642 g/mol. The SMILES string of the molecule is c1ccc(-c2ccccc2-c2c3c(cc4ccccc24)-c2cccc4c5c(cc-3c24)C2(c3ccccc3-c3ccccc32)c2ccccc2-5)cc1. The second kappa shape index (κ2) is 9.81. The third-order valence-corrected chi connectivity index (χ3v) is 12.0. The van der Waals surface area contributed by atoms with Gasteiger partial charge in [-0.15, -0.1) is 0 Å². The van der Waals surface area contributed by atoms with E-state index in [1.54, 1.807) is 0 Å². The van der Waals surface area contributed by atoms with Gasteiger partial charge in [0.25, 0.3) is 0 Å². The van der Waals surface area contributed by atoms with Gasteiger partial charge in [0, 0.05) is 0 Å². The predicted octanol–water partition coefficient (Wildman–Crippen LogP) is 13.3. The van der Waals surface area contributed by atoms with Crippen molar-refractivity contribution in [1.82, 2.24) is 0 Å². The molecule has 0 aliphatic heterocycles. The maximum atomic E-state index is 2.61. The Morgan fingerprint density at radius 3 is 1.57 bits per heavy atom. The lowest BCUT2D eigenvalue weighted by Crippen LogP contribution is -2.25. The first kappa shape index (κ1) is 27.3. The lowest BCUT2D eigenvalue weighted by atomic mass is 9.70. The van der Waals surface area contributed by atoms with Crippen molar-refractivity contribution in [2.24, 2.45) is 0 Å². The van der Waals surface area contributed by atoms with Gasteiger partial charge in [-0.3, -0.25) is 0 Å². The second-order valence-electron chi connectivity index (χ2n) is 14.3. The highest BCUT2D eigenvalue weighted by Crippen LogP contribution is 2.66. The molecule has 0 nitrogen and oxygen atoms in total. The maximum absolute atomic E-state index is 2.61. The van der Waals surface area contributed by atoms with Crippen LogP contribution >= 0.6 is 0 Å². The second-order valence-corrected chi connectivity index (χ2v) is 14.3.